The molecule has 14 heavy (non-hydrogen) atoms. The van der Waals surface area contributed by atoms with E-state index in [4.69, 9.17) is 4.52 Å². The summed E-state index contributed by atoms with van der Waals surface area (Å²) in [5, 5.41) is 6.72. The van der Waals surface area contributed by atoms with Crippen molar-refractivity contribution in [2.24, 2.45) is 0 Å². The highest BCUT2D eigenvalue weighted by Gasteiger charge is 2.22. The number of carbonyl (C=O) groups excluding carboxylic acids is 1. The van der Waals surface area contributed by atoms with Gasteiger partial charge in [-0.1, -0.05) is 5.16 Å². The SMILES string of the molecule is CNCC(=O)N1CCc2nocc2C1. The van der Waals surface area contributed by atoms with E-state index in [0.29, 0.717) is 13.1 Å². The largest absolute Gasteiger partial charge is 0.364 e. The summed E-state index contributed by atoms with van der Waals surface area (Å²) < 4.78 is 4.85. The Balaban J connectivity index is 2.04. The first-order valence-corrected chi connectivity index (χ1v) is 4.65. The highest BCUT2D eigenvalue weighted by molar-refractivity contribution is 5.78. The third-order valence-electron chi connectivity index (χ3n) is 2.39. The molecule has 1 aromatic heterocycles. The normalized spacial score (nSPS) is 15.4. The van der Waals surface area contributed by atoms with E-state index >= 15 is 0 Å². The van der Waals surface area contributed by atoms with Gasteiger partial charge in [-0.25, -0.2) is 0 Å². The number of hydrogen-bond acceptors (Lipinski definition) is 4. The van der Waals surface area contributed by atoms with E-state index in [-0.39, 0.29) is 5.91 Å². The fourth-order valence-corrected chi connectivity index (χ4v) is 1.62. The quantitative estimate of drug-likeness (QED) is 0.708. The maximum Gasteiger partial charge on any atom is 0.236 e. The number of fused-ring (bicyclic) bond motifs is 1. The summed E-state index contributed by atoms with van der Waals surface area (Å²) in [5.74, 6) is 0.124. The molecule has 1 aliphatic heterocycles. The van der Waals surface area contributed by atoms with Crippen molar-refractivity contribution in [3.8, 4) is 0 Å². The number of rotatable bonds is 2. The van der Waals surface area contributed by atoms with E-state index in [1.165, 1.54) is 0 Å². The van der Waals surface area contributed by atoms with Gasteiger partial charge in [0.1, 0.15) is 6.26 Å². The minimum Gasteiger partial charge on any atom is -0.364 e. The van der Waals surface area contributed by atoms with Gasteiger partial charge in [0.2, 0.25) is 5.91 Å². The van der Waals surface area contributed by atoms with E-state index in [2.05, 4.69) is 10.5 Å². The highest BCUT2D eigenvalue weighted by Crippen LogP contribution is 2.16. The third-order valence-corrected chi connectivity index (χ3v) is 2.39. The molecule has 76 valence electrons. The lowest BCUT2D eigenvalue weighted by Crippen LogP contribution is -2.40. The third kappa shape index (κ3) is 1.63. The minimum atomic E-state index is 0.124. The lowest BCUT2D eigenvalue weighted by atomic mass is 10.1. The molecular weight excluding hydrogens is 182 g/mol. The first-order chi connectivity index (χ1) is 6.81. The number of aromatic nitrogens is 1. The van der Waals surface area contributed by atoms with Gasteiger partial charge in [-0.15, -0.1) is 0 Å². The lowest BCUT2D eigenvalue weighted by molar-refractivity contribution is -0.131. The Morgan fingerprint density at radius 2 is 2.64 bits per heavy atom. The molecule has 5 nitrogen and oxygen atoms in total. The standard InChI is InChI=1S/C9H13N3O2/c1-10-4-9(13)12-3-2-8-7(5-12)6-14-11-8/h6,10H,2-5H2,1H3. The van der Waals surface area contributed by atoms with Crippen LogP contribution < -0.4 is 5.32 Å². The van der Waals surface area contributed by atoms with Crippen LogP contribution in [0.4, 0.5) is 0 Å². The summed E-state index contributed by atoms with van der Waals surface area (Å²) >= 11 is 0. The number of amides is 1. The summed E-state index contributed by atoms with van der Waals surface area (Å²) in [6.45, 7) is 1.75. The smallest absolute Gasteiger partial charge is 0.236 e. The molecule has 0 fully saturated rings. The molecule has 5 heteroatoms. The fraction of sp³-hybridized carbons (Fsp3) is 0.556. The molecule has 0 radical (unpaired) electrons. The van der Waals surface area contributed by atoms with Gasteiger partial charge in [0.05, 0.1) is 18.8 Å². The molecule has 0 aromatic carbocycles. The van der Waals surface area contributed by atoms with Crippen molar-refractivity contribution in [1.29, 1.82) is 0 Å². The molecule has 2 rings (SSSR count). The van der Waals surface area contributed by atoms with Gasteiger partial charge in [0.25, 0.3) is 0 Å². The van der Waals surface area contributed by atoms with E-state index < -0.39 is 0 Å². The maximum atomic E-state index is 11.5. The second-order valence-electron chi connectivity index (χ2n) is 3.38. The van der Waals surface area contributed by atoms with E-state index in [1.54, 1.807) is 13.3 Å². The van der Waals surface area contributed by atoms with Gasteiger partial charge in [-0.2, -0.15) is 0 Å². The number of nitrogens with zero attached hydrogens (tertiary/aromatic N) is 2. The summed E-state index contributed by atoms with van der Waals surface area (Å²) in [7, 11) is 1.77. The van der Waals surface area contributed by atoms with Crippen LogP contribution in [0.1, 0.15) is 11.3 Å². The van der Waals surface area contributed by atoms with Crippen molar-refractivity contribution in [3.63, 3.8) is 0 Å². The molecule has 0 saturated heterocycles. The van der Waals surface area contributed by atoms with Crippen LogP contribution >= 0.6 is 0 Å². The van der Waals surface area contributed by atoms with E-state index in [0.717, 1.165) is 24.2 Å². The molecule has 1 aromatic rings. The molecule has 0 spiro atoms. The Hall–Kier alpha value is -1.36. The van der Waals surface area contributed by atoms with Crippen molar-refractivity contribution in [2.75, 3.05) is 20.1 Å². The fourth-order valence-electron chi connectivity index (χ4n) is 1.62. The van der Waals surface area contributed by atoms with Gasteiger partial charge < -0.3 is 14.7 Å². The zero-order valence-corrected chi connectivity index (χ0v) is 8.12. The number of hydrogen-bond donors (Lipinski definition) is 1. The summed E-state index contributed by atoms with van der Waals surface area (Å²) in [6.07, 6.45) is 2.41. The molecule has 2 heterocycles. The Morgan fingerprint density at radius 1 is 1.79 bits per heavy atom. The van der Waals surface area contributed by atoms with Crippen LogP contribution in [0, 0.1) is 0 Å². The zero-order chi connectivity index (χ0) is 9.97. The first kappa shape index (κ1) is 9.21. The second kappa shape index (κ2) is 3.79. The molecule has 0 aliphatic carbocycles. The maximum absolute atomic E-state index is 11.5. The predicted octanol–water partition coefficient (Wildman–Crippen LogP) is -0.221. The summed E-state index contributed by atoms with van der Waals surface area (Å²) in [6, 6.07) is 0. The molecule has 0 unspecified atom stereocenters. The number of nitrogens with one attached hydrogen (secondary N) is 1. The average molecular weight is 195 g/mol. The van der Waals surface area contributed by atoms with Crippen molar-refractivity contribution in [2.45, 2.75) is 13.0 Å². The molecule has 0 bridgehead atoms. The van der Waals surface area contributed by atoms with Crippen molar-refractivity contribution in [1.82, 2.24) is 15.4 Å². The molecule has 0 atom stereocenters. The molecule has 1 amide bonds. The van der Waals surface area contributed by atoms with Gasteiger partial charge in [-0.05, 0) is 7.05 Å². The van der Waals surface area contributed by atoms with Crippen LogP contribution in [-0.4, -0.2) is 36.1 Å². The molecule has 1 N–H and O–H groups in total. The van der Waals surface area contributed by atoms with E-state index in [1.807, 2.05) is 4.90 Å². The monoisotopic (exact) mass is 195 g/mol. The van der Waals surface area contributed by atoms with Crippen LogP contribution in [0.25, 0.3) is 0 Å². The van der Waals surface area contributed by atoms with Crippen LogP contribution in [-0.2, 0) is 17.8 Å². The van der Waals surface area contributed by atoms with Gasteiger partial charge in [0, 0.05) is 18.5 Å². The number of carbonyl (C=O) groups is 1. The lowest BCUT2D eigenvalue weighted by Gasteiger charge is -2.25. The minimum absolute atomic E-state index is 0.124. The van der Waals surface area contributed by atoms with Crippen molar-refractivity contribution < 1.29 is 9.32 Å². The zero-order valence-electron chi connectivity index (χ0n) is 8.12. The van der Waals surface area contributed by atoms with Gasteiger partial charge >= 0.3 is 0 Å². The molecule has 0 saturated carbocycles. The highest BCUT2D eigenvalue weighted by atomic mass is 16.5. The average Bonchev–Trinajstić information content (AvgIpc) is 2.64. The Kier molecular flexibility index (Phi) is 2.49. The Morgan fingerprint density at radius 3 is 3.43 bits per heavy atom. The van der Waals surface area contributed by atoms with E-state index in [9.17, 15) is 4.79 Å². The summed E-state index contributed by atoms with van der Waals surface area (Å²) in [4.78, 5) is 13.4. The Bertz CT molecular complexity index is 335. The van der Waals surface area contributed by atoms with Crippen LogP contribution in [0.3, 0.4) is 0 Å². The Labute approximate surface area is 82.1 Å². The topological polar surface area (TPSA) is 58.4 Å². The van der Waals surface area contributed by atoms with Crippen LogP contribution in [0.5, 0.6) is 0 Å². The predicted molar refractivity (Wildman–Crippen MR) is 49.6 cm³/mol. The van der Waals surface area contributed by atoms with Gasteiger partial charge in [0.15, 0.2) is 0 Å². The number of likely N-dealkylation sites (N-methyl/N-ethyl adjacent to an activating group) is 1. The van der Waals surface area contributed by atoms with Crippen LogP contribution in [0.2, 0.25) is 0 Å². The van der Waals surface area contributed by atoms with Crippen molar-refractivity contribution in [3.05, 3.63) is 17.5 Å². The van der Waals surface area contributed by atoms with Crippen molar-refractivity contribution >= 4 is 5.91 Å². The molecule has 1 aliphatic rings. The van der Waals surface area contributed by atoms with Crippen LogP contribution in [0.15, 0.2) is 10.8 Å². The second-order valence-corrected chi connectivity index (χ2v) is 3.38. The molecular formula is C9H13N3O2. The first-order valence-electron chi connectivity index (χ1n) is 4.65. The summed E-state index contributed by atoms with van der Waals surface area (Å²) in [5.41, 5.74) is 2.01. The van der Waals surface area contributed by atoms with Gasteiger partial charge in [-0.3, -0.25) is 4.79 Å².